The van der Waals surface area contributed by atoms with Crippen LogP contribution in [0.15, 0.2) is 42.5 Å². The first kappa shape index (κ1) is 14.6. The minimum Gasteiger partial charge on any atom is -0.452 e. The van der Waals surface area contributed by atoms with E-state index in [0.29, 0.717) is 11.6 Å². The third-order valence-electron chi connectivity index (χ3n) is 4.09. The van der Waals surface area contributed by atoms with Crippen molar-refractivity contribution in [2.24, 2.45) is 11.8 Å². The fraction of sp³-hybridized carbons (Fsp3) is 0.333. The van der Waals surface area contributed by atoms with Gasteiger partial charge in [-0.1, -0.05) is 37.3 Å². The minimum atomic E-state index is -0.785. The number of fused-ring (bicyclic) bond motifs is 1. The summed E-state index contributed by atoms with van der Waals surface area (Å²) in [5.74, 6) is -0.232. The van der Waals surface area contributed by atoms with Crippen LogP contribution in [0.3, 0.4) is 0 Å². The molecular weight excluding hydrogens is 278 g/mol. The van der Waals surface area contributed by atoms with Crippen molar-refractivity contribution >= 4 is 28.3 Å². The molecule has 0 spiro atoms. The second-order valence-corrected chi connectivity index (χ2v) is 5.95. The lowest BCUT2D eigenvalue weighted by molar-refractivity contribution is -0.154. The Balaban J connectivity index is 1.63. The normalized spacial score (nSPS) is 21.2. The minimum absolute atomic E-state index is 0.0316. The largest absolute Gasteiger partial charge is 0.452 e. The number of nitrogens with one attached hydrogen (secondary N) is 1. The Morgan fingerprint density at radius 2 is 1.86 bits per heavy atom. The standard InChI is InChI=1S/C18H19NO3/c1-11-9-16(11)18(21)22-12(2)17(20)19-15-8-7-13-5-3-4-6-14(13)10-15/h3-8,10-12,16H,9H2,1-2H3,(H,19,20)/t11-,12+,16-/m1/s1. The molecule has 2 aromatic rings. The van der Waals surface area contributed by atoms with E-state index in [1.807, 2.05) is 49.4 Å². The maximum atomic E-state index is 12.1. The molecule has 1 aliphatic rings. The van der Waals surface area contributed by atoms with Crippen LogP contribution < -0.4 is 5.32 Å². The molecular formula is C18H19NO3. The van der Waals surface area contributed by atoms with Gasteiger partial charge in [-0.2, -0.15) is 0 Å². The number of anilines is 1. The summed E-state index contributed by atoms with van der Waals surface area (Å²) in [7, 11) is 0. The van der Waals surface area contributed by atoms with Gasteiger partial charge in [0, 0.05) is 5.69 Å². The summed E-state index contributed by atoms with van der Waals surface area (Å²) in [4.78, 5) is 23.9. The van der Waals surface area contributed by atoms with Crippen LogP contribution in [-0.2, 0) is 14.3 Å². The van der Waals surface area contributed by atoms with Gasteiger partial charge in [-0.15, -0.1) is 0 Å². The smallest absolute Gasteiger partial charge is 0.309 e. The van der Waals surface area contributed by atoms with E-state index in [1.54, 1.807) is 6.92 Å². The van der Waals surface area contributed by atoms with Crippen molar-refractivity contribution in [1.29, 1.82) is 0 Å². The molecule has 0 heterocycles. The van der Waals surface area contributed by atoms with Crippen molar-refractivity contribution in [3.8, 4) is 0 Å². The van der Waals surface area contributed by atoms with Crippen LogP contribution in [0.5, 0.6) is 0 Å². The number of carbonyl (C=O) groups is 2. The lowest BCUT2D eigenvalue weighted by atomic mass is 10.1. The molecule has 22 heavy (non-hydrogen) atoms. The lowest BCUT2D eigenvalue weighted by Crippen LogP contribution is -2.30. The SMILES string of the molecule is C[C@H](OC(=O)[C@@H]1C[C@H]1C)C(=O)Nc1ccc2ccccc2c1. The summed E-state index contributed by atoms with van der Waals surface area (Å²) in [6, 6.07) is 13.6. The Morgan fingerprint density at radius 1 is 1.18 bits per heavy atom. The fourth-order valence-electron chi connectivity index (χ4n) is 2.48. The number of hydrogen-bond donors (Lipinski definition) is 1. The van der Waals surface area contributed by atoms with Gasteiger partial charge < -0.3 is 10.1 Å². The molecule has 4 nitrogen and oxygen atoms in total. The average Bonchev–Trinajstić information content (AvgIpc) is 3.24. The summed E-state index contributed by atoms with van der Waals surface area (Å²) >= 11 is 0. The van der Waals surface area contributed by atoms with E-state index in [-0.39, 0.29) is 17.8 Å². The van der Waals surface area contributed by atoms with Crippen LogP contribution in [0.2, 0.25) is 0 Å². The Kier molecular flexibility index (Phi) is 3.84. The van der Waals surface area contributed by atoms with Gasteiger partial charge >= 0.3 is 5.97 Å². The van der Waals surface area contributed by atoms with Gasteiger partial charge in [-0.25, -0.2) is 0 Å². The molecule has 0 unspecified atom stereocenters. The highest BCUT2D eigenvalue weighted by Crippen LogP contribution is 2.38. The number of rotatable bonds is 4. The van der Waals surface area contributed by atoms with E-state index >= 15 is 0 Å². The summed E-state index contributed by atoms with van der Waals surface area (Å²) in [5, 5.41) is 4.96. The number of hydrogen-bond acceptors (Lipinski definition) is 3. The van der Waals surface area contributed by atoms with E-state index in [4.69, 9.17) is 4.74 Å². The predicted octanol–water partition coefficient (Wildman–Crippen LogP) is 3.37. The van der Waals surface area contributed by atoms with Gasteiger partial charge in [0.05, 0.1) is 5.92 Å². The van der Waals surface area contributed by atoms with Gasteiger partial charge in [0.15, 0.2) is 6.10 Å². The highest BCUT2D eigenvalue weighted by Gasteiger charge is 2.41. The molecule has 3 atom stereocenters. The second kappa shape index (κ2) is 5.79. The Hall–Kier alpha value is -2.36. The van der Waals surface area contributed by atoms with Crippen LogP contribution in [0, 0.1) is 11.8 Å². The van der Waals surface area contributed by atoms with Crippen LogP contribution in [-0.4, -0.2) is 18.0 Å². The Bertz CT molecular complexity index is 725. The van der Waals surface area contributed by atoms with Gasteiger partial charge in [0.2, 0.25) is 0 Å². The molecule has 2 aromatic carbocycles. The van der Waals surface area contributed by atoms with Crippen molar-refractivity contribution < 1.29 is 14.3 Å². The predicted molar refractivity (Wildman–Crippen MR) is 85.4 cm³/mol. The zero-order valence-corrected chi connectivity index (χ0v) is 12.7. The first-order chi connectivity index (χ1) is 10.5. The molecule has 0 aliphatic heterocycles. The quantitative estimate of drug-likeness (QED) is 0.880. The monoisotopic (exact) mass is 297 g/mol. The van der Waals surface area contributed by atoms with Gasteiger partial charge in [0.25, 0.3) is 5.91 Å². The van der Waals surface area contributed by atoms with E-state index in [1.165, 1.54) is 0 Å². The highest BCUT2D eigenvalue weighted by molar-refractivity contribution is 5.97. The average molecular weight is 297 g/mol. The summed E-state index contributed by atoms with van der Waals surface area (Å²) in [5.41, 5.74) is 0.700. The molecule has 1 fully saturated rings. The molecule has 1 saturated carbocycles. The van der Waals surface area contributed by atoms with Gasteiger partial charge in [-0.3, -0.25) is 9.59 Å². The molecule has 0 aromatic heterocycles. The Labute approximate surface area is 129 Å². The number of carbonyl (C=O) groups excluding carboxylic acids is 2. The topological polar surface area (TPSA) is 55.4 Å². The Morgan fingerprint density at radius 3 is 2.55 bits per heavy atom. The first-order valence-electron chi connectivity index (χ1n) is 7.55. The van der Waals surface area contributed by atoms with Gasteiger partial charge in [-0.05, 0) is 42.2 Å². The second-order valence-electron chi connectivity index (χ2n) is 5.95. The fourth-order valence-corrected chi connectivity index (χ4v) is 2.48. The maximum absolute atomic E-state index is 12.1. The molecule has 0 saturated heterocycles. The summed E-state index contributed by atoms with van der Waals surface area (Å²) < 4.78 is 5.22. The summed E-state index contributed by atoms with van der Waals surface area (Å²) in [6.07, 6.45) is 0.0736. The molecule has 0 radical (unpaired) electrons. The van der Waals surface area contributed by atoms with Crippen LogP contribution >= 0.6 is 0 Å². The zero-order valence-electron chi connectivity index (χ0n) is 12.7. The summed E-state index contributed by atoms with van der Waals surface area (Å²) in [6.45, 7) is 3.60. The zero-order chi connectivity index (χ0) is 15.7. The molecule has 1 N–H and O–H groups in total. The number of benzene rings is 2. The molecule has 114 valence electrons. The van der Waals surface area contributed by atoms with Crippen molar-refractivity contribution in [3.63, 3.8) is 0 Å². The van der Waals surface area contributed by atoms with Crippen LogP contribution in [0.4, 0.5) is 5.69 Å². The number of amides is 1. The third-order valence-corrected chi connectivity index (χ3v) is 4.09. The van der Waals surface area contributed by atoms with Crippen molar-refractivity contribution in [2.45, 2.75) is 26.4 Å². The molecule has 4 heteroatoms. The number of ether oxygens (including phenoxy) is 1. The van der Waals surface area contributed by atoms with Crippen LogP contribution in [0.25, 0.3) is 10.8 Å². The first-order valence-corrected chi connectivity index (χ1v) is 7.55. The van der Waals surface area contributed by atoms with Crippen molar-refractivity contribution in [1.82, 2.24) is 0 Å². The van der Waals surface area contributed by atoms with Crippen molar-refractivity contribution in [3.05, 3.63) is 42.5 Å². The molecule has 0 bridgehead atoms. The van der Waals surface area contributed by atoms with Crippen molar-refractivity contribution in [2.75, 3.05) is 5.32 Å². The van der Waals surface area contributed by atoms with Crippen LogP contribution in [0.1, 0.15) is 20.3 Å². The molecule has 3 rings (SSSR count). The lowest BCUT2D eigenvalue weighted by Gasteiger charge is -2.13. The van der Waals surface area contributed by atoms with E-state index < -0.39 is 6.10 Å². The third kappa shape index (κ3) is 3.11. The highest BCUT2D eigenvalue weighted by atomic mass is 16.5. The van der Waals surface area contributed by atoms with E-state index in [0.717, 1.165) is 17.2 Å². The molecule has 1 amide bonds. The molecule has 1 aliphatic carbocycles. The van der Waals surface area contributed by atoms with Gasteiger partial charge in [0.1, 0.15) is 0 Å². The van der Waals surface area contributed by atoms with E-state index in [9.17, 15) is 9.59 Å². The van der Waals surface area contributed by atoms with E-state index in [2.05, 4.69) is 5.32 Å². The maximum Gasteiger partial charge on any atom is 0.309 e. The number of esters is 1.